The van der Waals surface area contributed by atoms with E-state index in [0.717, 1.165) is 10.6 Å². The van der Waals surface area contributed by atoms with E-state index in [4.69, 9.17) is 0 Å². The fourth-order valence-corrected chi connectivity index (χ4v) is 6.97. The third-order valence-electron chi connectivity index (χ3n) is 1.27. The average molecular weight is 585 g/mol. The molecule has 58 valence electrons. The van der Waals surface area contributed by atoms with Crippen molar-refractivity contribution in [3.8, 4) is 0 Å². The predicted octanol–water partition coefficient (Wildman–Crippen LogP) is 4.41. The van der Waals surface area contributed by atoms with Gasteiger partial charge in [-0.1, -0.05) is 19.8 Å². The van der Waals surface area contributed by atoms with Crippen LogP contribution in [0, 0.1) is 0 Å². The summed E-state index contributed by atoms with van der Waals surface area (Å²) in [4.78, 5) is 0. The summed E-state index contributed by atoms with van der Waals surface area (Å²) >= 11 is 10.1. The Kier molecular flexibility index (Phi) is 9.73. The molecule has 0 rings (SSSR count). The summed E-state index contributed by atoms with van der Waals surface area (Å²) in [6.45, 7) is 2.26. The van der Waals surface area contributed by atoms with Crippen LogP contribution in [0.1, 0.15) is 19.8 Å². The van der Waals surface area contributed by atoms with Crippen molar-refractivity contribution in [2.24, 2.45) is 0 Å². The lowest BCUT2D eigenvalue weighted by molar-refractivity contribution is 0.849. The minimum absolute atomic E-state index is 0.786. The molecule has 6 heteroatoms. The highest BCUT2D eigenvalue weighted by atomic mass is 127. The summed E-state index contributed by atoms with van der Waals surface area (Å²) in [6.07, 6.45) is 2.68. The van der Waals surface area contributed by atoms with E-state index in [1.165, 1.54) is 12.8 Å². The van der Waals surface area contributed by atoms with Crippen LogP contribution in [-0.4, -0.2) is 4.85 Å². The molecule has 0 heterocycles. The zero-order valence-corrected chi connectivity index (χ0v) is 14.3. The fourth-order valence-electron chi connectivity index (χ4n) is 0.695. The maximum absolute atomic E-state index is 2.52. The van der Waals surface area contributed by atoms with Gasteiger partial charge in [0, 0.05) is 0 Å². The topological polar surface area (TPSA) is 0 Å². The standard InChI is InChI=1S/C4H8B2I4/c1-2-3-4(5(7)8)6(9)10/h4H,2-3H2,1H3. The number of rotatable bonds is 4. The Bertz CT molecular complexity index is 79.3. The zero-order valence-electron chi connectivity index (χ0n) is 5.66. The van der Waals surface area contributed by atoms with E-state index in [0.29, 0.717) is 0 Å². The number of hydrogen-bond acceptors (Lipinski definition) is 0. The summed E-state index contributed by atoms with van der Waals surface area (Å²) in [5, 5.41) is 0. The smallest absolute Gasteiger partial charge is 0.134 e. The van der Waals surface area contributed by atoms with Crippen molar-refractivity contribution in [1.29, 1.82) is 0 Å². The van der Waals surface area contributed by atoms with Gasteiger partial charge in [-0.2, -0.15) is 0 Å². The van der Waals surface area contributed by atoms with Gasteiger partial charge in [-0.15, -0.1) is 89.5 Å². The first-order valence-electron chi connectivity index (χ1n) is 3.15. The molecule has 0 fully saturated rings. The van der Waals surface area contributed by atoms with Gasteiger partial charge in [-0.3, -0.25) is 0 Å². The molecule has 0 radical (unpaired) electrons. The maximum atomic E-state index is 2.52. The molecule has 0 atom stereocenters. The van der Waals surface area contributed by atoms with Crippen molar-refractivity contribution in [1.82, 2.24) is 0 Å². The van der Waals surface area contributed by atoms with E-state index < -0.39 is 0 Å². The van der Waals surface area contributed by atoms with Gasteiger partial charge in [0.25, 0.3) is 4.85 Å². The highest BCUT2D eigenvalue weighted by Crippen LogP contribution is 2.34. The molecule has 0 aliphatic heterocycles. The molecule has 0 amide bonds. The zero-order chi connectivity index (χ0) is 8.15. The molecule has 10 heavy (non-hydrogen) atoms. The molecule has 0 N–H and O–H groups in total. The average Bonchev–Trinajstić information content (AvgIpc) is 1.81. The van der Waals surface area contributed by atoms with Crippen molar-refractivity contribution >= 4 is 94.3 Å². The highest BCUT2D eigenvalue weighted by Gasteiger charge is 2.27. The van der Waals surface area contributed by atoms with Crippen molar-refractivity contribution in [3.05, 3.63) is 0 Å². The molecule has 0 aromatic rings. The molecule has 0 aliphatic carbocycles. The number of halogens is 4. The molecular formula is C4H8B2I4. The van der Waals surface area contributed by atoms with Crippen LogP contribution in [0.4, 0.5) is 0 Å². The summed E-state index contributed by atoms with van der Waals surface area (Å²) in [5.74, 6) is 0. The van der Waals surface area contributed by atoms with Crippen LogP contribution in [0.25, 0.3) is 0 Å². The SMILES string of the molecule is CCCC(B(I)I)B(I)I. The Labute approximate surface area is 117 Å². The highest BCUT2D eigenvalue weighted by molar-refractivity contribution is 14.3. The van der Waals surface area contributed by atoms with E-state index in [-0.39, 0.29) is 0 Å². The van der Waals surface area contributed by atoms with Crippen LogP contribution in [0.3, 0.4) is 0 Å². The molecule has 0 aromatic heterocycles. The second kappa shape index (κ2) is 7.45. The van der Waals surface area contributed by atoms with E-state index in [1.54, 1.807) is 0 Å². The lowest BCUT2D eigenvalue weighted by atomic mass is 9.68. The van der Waals surface area contributed by atoms with Gasteiger partial charge >= 0.3 is 0 Å². The monoisotopic (exact) mass is 586 g/mol. The summed E-state index contributed by atoms with van der Waals surface area (Å²) in [6, 6.07) is 0. The van der Waals surface area contributed by atoms with E-state index in [9.17, 15) is 0 Å². The van der Waals surface area contributed by atoms with E-state index in [1.807, 2.05) is 0 Å². The van der Waals surface area contributed by atoms with Gasteiger partial charge in [0.05, 0.1) is 0 Å². The second-order valence-electron chi connectivity index (χ2n) is 2.12. The first kappa shape index (κ1) is 13.0. The quantitative estimate of drug-likeness (QED) is 0.339. The number of hydrogen-bond donors (Lipinski definition) is 0. The lowest BCUT2D eigenvalue weighted by Gasteiger charge is -2.14. The minimum atomic E-state index is 0.786. The van der Waals surface area contributed by atoms with Crippen LogP contribution in [0.5, 0.6) is 0 Å². The summed E-state index contributed by atoms with van der Waals surface area (Å²) in [5.41, 5.74) is 0.882. The van der Waals surface area contributed by atoms with Crippen LogP contribution in [-0.2, 0) is 0 Å². The van der Waals surface area contributed by atoms with Gasteiger partial charge in [-0.05, 0) is 5.72 Å². The van der Waals surface area contributed by atoms with Crippen LogP contribution in [0.15, 0.2) is 0 Å². The van der Waals surface area contributed by atoms with Crippen LogP contribution < -0.4 is 0 Å². The first-order valence-corrected chi connectivity index (χ1v) is 8.14. The molecule has 0 unspecified atom stereocenters. The van der Waals surface area contributed by atoms with Gasteiger partial charge in [0.1, 0.15) is 0 Å². The predicted molar refractivity (Wildman–Crippen MR) is 86.2 cm³/mol. The van der Waals surface area contributed by atoms with Crippen molar-refractivity contribution in [2.75, 3.05) is 0 Å². The van der Waals surface area contributed by atoms with E-state index >= 15 is 0 Å². The van der Waals surface area contributed by atoms with E-state index in [2.05, 4.69) is 96.4 Å². The Morgan fingerprint density at radius 1 is 1.10 bits per heavy atom. The summed E-state index contributed by atoms with van der Waals surface area (Å²) < 4.78 is 1.57. The van der Waals surface area contributed by atoms with Gasteiger partial charge < -0.3 is 0 Å². The Balaban J connectivity index is 3.73. The van der Waals surface area contributed by atoms with Gasteiger partial charge in [-0.25, -0.2) is 0 Å². The Morgan fingerprint density at radius 2 is 1.50 bits per heavy atom. The molecule has 0 bridgehead atoms. The van der Waals surface area contributed by atoms with Crippen molar-refractivity contribution in [2.45, 2.75) is 25.5 Å². The second-order valence-corrected chi connectivity index (χ2v) is 12.3. The molecule has 0 spiro atoms. The molecule has 0 nitrogen and oxygen atoms in total. The molecule has 0 aromatic carbocycles. The van der Waals surface area contributed by atoms with Crippen molar-refractivity contribution < 1.29 is 0 Å². The summed E-state index contributed by atoms with van der Waals surface area (Å²) in [7, 11) is 0. The first-order chi connectivity index (χ1) is 4.59. The minimum Gasteiger partial charge on any atom is -0.134 e. The third-order valence-corrected chi connectivity index (χ3v) is 4.96. The molecule has 0 aliphatic rings. The molecular weight excluding hydrogens is 577 g/mol. The maximum Gasteiger partial charge on any atom is 0.286 e. The Morgan fingerprint density at radius 3 is 1.60 bits per heavy atom. The fraction of sp³-hybridized carbons (Fsp3) is 1.00. The van der Waals surface area contributed by atoms with Crippen LogP contribution >= 0.6 is 89.5 Å². The van der Waals surface area contributed by atoms with Crippen LogP contribution in [0.2, 0.25) is 5.72 Å². The van der Waals surface area contributed by atoms with Gasteiger partial charge in [0.15, 0.2) is 0 Å². The third kappa shape index (κ3) is 5.65. The normalized spacial score (nSPS) is 10.2. The molecule has 0 saturated carbocycles. The lowest BCUT2D eigenvalue weighted by Crippen LogP contribution is -2.15. The largest absolute Gasteiger partial charge is 0.286 e. The van der Waals surface area contributed by atoms with Crippen molar-refractivity contribution in [3.63, 3.8) is 0 Å². The van der Waals surface area contributed by atoms with Gasteiger partial charge in [0.2, 0.25) is 0 Å². The molecule has 0 saturated heterocycles. The Hall–Kier alpha value is 3.05.